The number of hydrogen-bond donors (Lipinski definition) is 1. The Hall–Kier alpha value is -1.71. The summed E-state index contributed by atoms with van der Waals surface area (Å²) in [4.78, 5) is 1.25. The van der Waals surface area contributed by atoms with Crippen molar-refractivity contribution >= 4 is 21.4 Å². The van der Waals surface area contributed by atoms with Crippen LogP contribution in [0.3, 0.4) is 0 Å². The van der Waals surface area contributed by atoms with E-state index < -0.39 is 0 Å². The fourth-order valence-electron chi connectivity index (χ4n) is 2.61. The highest BCUT2D eigenvalue weighted by molar-refractivity contribution is 7.19. The van der Waals surface area contributed by atoms with Crippen molar-refractivity contribution in [3.8, 4) is 0 Å². The highest BCUT2D eigenvalue weighted by Crippen LogP contribution is 2.32. The lowest BCUT2D eigenvalue weighted by Gasteiger charge is -2.16. The van der Waals surface area contributed by atoms with E-state index in [0.29, 0.717) is 0 Å². The topological polar surface area (TPSA) is 12.0 Å². The normalized spacial score (nSPS) is 12.7. The van der Waals surface area contributed by atoms with Gasteiger partial charge in [-0.3, -0.25) is 0 Å². The molecule has 0 radical (unpaired) electrons. The Kier molecular flexibility index (Phi) is 4.04. The molecule has 0 bridgehead atoms. The van der Waals surface area contributed by atoms with Gasteiger partial charge in [0.05, 0.1) is 0 Å². The van der Waals surface area contributed by atoms with E-state index in [4.69, 9.17) is 0 Å². The van der Waals surface area contributed by atoms with Crippen LogP contribution in [0.1, 0.15) is 22.0 Å². The Morgan fingerprint density at radius 2 is 1.95 bits per heavy atom. The van der Waals surface area contributed by atoms with Gasteiger partial charge in [0, 0.05) is 15.6 Å². The molecule has 0 aliphatic heterocycles. The second kappa shape index (κ2) is 5.96. The van der Waals surface area contributed by atoms with E-state index in [0.717, 1.165) is 16.5 Å². The Balaban J connectivity index is 1.93. The average molecular weight is 299 g/mol. The third kappa shape index (κ3) is 2.99. The van der Waals surface area contributed by atoms with E-state index in [2.05, 4.69) is 42.6 Å². The van der Waals surface area contributed by atoms with Crippen molar-refractivity contribution in [3.63, 3.8) is 0 Å². The highest BCUT2D eigenvalue weighted by atomic mass is 32.1. The minimum Gasteiger partial charge on any atom is -0.312 e. The van der Waals surface area contributed by atoms with Crippen molar-refractivity contribution in [1.29, 1.82) is 0 Å². The molecule has 1 heterocycles. The number of thiophene rings is 1. The van der Waals surface area contributed by atoms with Crippen molar-refractivity contribution in [2.45, 2.75) is 19.4 Å². The second-order valence-electron chi connectivity index (χ2n) is 5.30. The van der Waals surface area contributed by atoms with Crippen LogP contribution in [-0.2, 0) is 6.42 Å². The standard InChI is InChI=1S/C18H18FNS/c1-12-5-3-4-6-13(12)10-16(20-2)18-11-14-9-15(19)7-8-17(14)21-18/h3-9,11,16,20H,10H2,1-2H3. The van der Waals surface area contributed by atoms with Gasteiger partial charge in [0.1, 0.15) is 5.82 Å². The summed E-state index contributed by atoms with van der Waals surface area (Å²) in [6.45, 7) is 2.14. The van der Waals surface area contributed by atoms with E-state index in [9.17, 15) is 4.39 Å². The molecule has 0 saturated heterocycles. The molecule has 1 N–H and O–H groups in total. The monoisotopic (exact) mass is 299 g/mol. The van der Waals surface area contributed by atoms with Crippen molar-refractivity contribution in [2.24, 2.45) is 0 Å². The van der Waals surface area contributed by atoms with Crippen LogP contribution in [0, 0.1) is 12.7 Å². The Morgan fingerprint density at radius 3 is 2.71 bits per heavy atom. The molecule has 3 aromatic rings. The zero-order valence-corrected chi connectivity index (χ0v) is 13.0. The largest absolute Gasteiger partial charge is 0.312 e. The molecular weight excluding hydrogens is 281 g/mol. The number of fused-ring (bicyclic) bond motifs is 1. The Labute approximate surface area is 128 Å². The van der Waals surface area contributed by atoms with Gasteiger partial charge >= 0.3 is 0 Å². The summed E-state index contributed by atoms with van der Waals surface area (Å²) < 4.78 is 14.5. The molecule has 0 saturated carbocycles. The van der Waals surface area contributed by atoms with E-state index in [1.807, 2.05) is 13.1 Å². The van der Waals surface area contributed by atoms with E-state index in [1.54, 1.807) is 17.4 Å². The zero-order chi connectivity index (χ0) is 14.8. The summed E-state index contributed by atoms with van der Waals surface area (Å²) in [5.74, 6) is -0.174. The summed E-state index contributed by atoms with van der Waals surface area (Å²) >= 11 is 1.73. The molecule has 0 fully saturated rings. The maximum atomic E-state index is 13.3. The second-order valence-corrected chi connectivity index (χ2v) is 6.42. The van der Waals surface area contributed by atoms with Gasteiger partial charge in [0.25, 0.3) is 0 Å². The third-order valence-electron chi connectivity index (χ3n) is 3.87. The summed E-state index contributed by atoms with van der Waals surface area (Å²) in [6.07, 6.45) is 0.943. The van der Waals surface area contributed by atoms with Crippen LogP contribution in [-0.4, -0.2) is 7.05 Å². The van der Waals surface area contributed by atoms with Crippen molar-refractivity contribution in [1.82, 2.24) is 5.32 Å². The SMILES string of the molecule is CNC(Cc1ccccc1C)c1cc2cc(F)ccc2s1. The highest BCUT2D eigenvalue weighted by Gasteiger charge is 2.14. The molecule has 1 aromatic heterocycles. The van der Waals surface area contributed by atoms with Crippen LogP contribution in [0.5, 0.6) is 0 Å². The summed E-state index contributed by atoms with van der Waals surface area (Å²) in [5.41, 5.74) is 2.66. The lowest BCUT2D eigenvalue weighted by Crippen LogP contribution is -2.18. The van der Waals surface area contributed by atoms with Crippen molar-refractivity contribution in [3.05, 3.63) is 70.4 Å². The first-order valence-electron chi connectivity index (χ1n) is 7.08. The van der Waals surface area contributed by atoms with Gasteiger partial charge in [-0.15, -0.1) is 11.3 Å². The fraction of sp³-hybridized carbons (Fsp3) is 0.222. The van der Waals surface area contributed by atoms with E-state index >= 15 is 0 Å². The van der Waals surface area contributed by atoms with Crippen molar-refractivity contribution < 1.29 is 4.39 Å². The molecule has 21 heavy (non-hydrogen) atoms. The van der Waals surface area contributed by atoms with Gasteiger partial charge in [-0.05, 0) is 61.2 Å². The predicted octanol–water partition coefficient (Wildman–Crippen LogP) is 4.85. The first-order chi connectivity index (χ1) is 10.2. The van der Waals surface area contributed by atoms with Crippen LogP contribution in [0.4, 0.5) is 4.39 Å². The van der Waals surface area contributed by atoms with Crippen LogP contribution in [0.25, 0.3) is 10.1 Å². The molecule has 2 aromatic carbocycles. The van der Waals surface area contributed by atoms with Gasteiger partial charge in [0.2, 0.25) is 0 Å². The molecule has 3 heteroatoms. The van der Waals surface area contributed by atoms with Crippen LogP contribution in [0.2, 0.25) is 0 Å². The minimum absolute atomic E-state index is 0.174. The predicted molar refractivity (Wildman–Crippen MR) is 88.5 cm³/mol. The maximum Gasteiger partial charge on any atom is 0.123 e. The maximum absolute atomic E-state index is 13.3. The van der Waals surface area contributed by atoms with Gasteiger partial charge in [-0.25, -0.2) is 4.39 Å². The number of rotatable bonds is 4. The molecule has 1 atom stereocenters. The first kappa shape index (κ1) is 14.2. The molecule has 0 spiro atoms. The molecule has 1 unspecified atom stereocenters. The van der Waals surface area contributed by atoms with Crippen LogP contribution in [0.15, 0.2) is 48.5 Å². The molecule has 0 amide bonds. The molecule has 108 valence electrons. The quantitative estimate of drug-likeness (QED) is 0.726. The first-order valence-corrected chi connectivity index (χ1v) is 7.90. The van der Waals surface area contributed by atoms with Gasteiger partial charge in [-0.1, -0.05) is 24.3 Å². The average Bonchev–Trinajstić information content (AvgIpc) is 2.89. The van der Waals surface area contributed by atoms with Gasteiger partial charge in [0.15, 0.2) is 0 Å². The van der Waals surface area contributed by atoms with Crippen LogP contribution >= 0.6 is 11.3 Å². The molecule has 3 rings (SSSR count). The lowest BCUT2D eigenvalue weighted by molar-refractivity contribution is 0.601. The summed E-state index contributed by atoms with van der Waals surface area (Å²) in [5, 5.41) is 4.37. The number of halogens is 1. The molecular formula is C18H18FNS. The number of likely N-dealkylation sites (N-methyl/N-ethyl adjacent to an activating group) is 1. The summed E-state index contributed by atoms with van der Waals surface area (Å²) in [7, 11) is 1.98. The van der Waals surface area contributed by atoms with Crippen LogP contribution < -0.4 is 5.32 Å². The molecule has 1 nitrogen and oxygen atoms in total. The number of hydrogen-bond acceptors (Lipinski definition) is 2. The van der Waals surface area contributed by atoms with Gasteiger partial charge in [-0.2, -0.15) is 0 Å². The van der Waals surface area contributed by atoms with Gasteiger partial charge < -0.3 is 5.32 Å². The summed E-state index contributed by atoms with van der Waals surface area (Å²) in [6, 6.07) is 15.8. The smallest absolute Gasteiger partial charge is 0.123 e. The van der Waals surface area contributed by atoms with E-state index in [-0.39, 0.29) is 11.9 Å². The number of benzene rings is 2. The zero-order valence-electron chi connectivity index (χ0n) is 12.2. The molecule has 0 aliphatic carbocycles. The van der Waals surface area contributed by atoms with E-state index in [1.165, 1.54) is 22.1 Å². The lowest BCUT2D eigenvalue weighted by atomic mass is 10.00. The molecule has 0 aliphatic rings. The van der Waals surface area contributed by atoms with Crippen molar-refractivity contribution in [2.75, 3.05) is 7.05 Å². The Morgan fingerprint density at radius 1 is 1.14 bits per heavy atom. The Bertz CT molecular complexity index is 763. The third-order valence-corrected chi connectivity index (χ3v) is 5.10. The minimum atomic E-state index is -0.174. The fourth-order valence-corrected chi connectivity index (χ4v) is 3.77. The number of aryl methyl sites for hydroxylation is 1. The number of nitrogens with one attached hydrogen (secondary N) is 1.